The van der Waals surface area contributed by atoms with E-state index in [1.807, 2.05) is 6.92 Å². The van der Waals surface area contributed by atoms with Gasteiger partial charge in [-0.1, -0.05) is 0 Å². The zero-order valence-corrected chi connectivity index (χ0v) is 11.5. The fourth-order valence-electron chi connectivity index (χ4n) is 1.12. The van der Waals surface area contributed by atoms with E-state index in [0.29, 0.717) is 0 Å². The van der Waals surface area contributed by atoms with Crippen LogP contribution < -0.4 is 5.32 Å². The van der Waals surface area contributed by atoms with Gasteiger partial charge >= 0.3 is 93.9 Å². The summed E-state index contributed by atoms with van der Waals surface area (Å²) in [6.45, 7) is 2.90. The molecule has 1 heterocycles. The van der Waals surface area contributed by atoms with E-state index in [2.05, 4.69) is 5.32 Å². The van der Waals surface area contributed by atoms with Crippen LogP contribution in [0.1, 0.15) is 19.8 Å². The van der Waals surface area contributed by atoms with E-state index >= 15 is 0 Å². The van der Waals surface area contributed by atoms with Crippen molar-refractivity contribution in [3.05, 3.63) is 0 Å². The molecular formula is C8H14NO3SSb. The Hall–Kier alpha value is 0.398. The van der Waals surface area contributed by atoms with Gasteiger partial charge in [-0.3, -0.25) is 0 Å². The van der Waals surface area contributed by atoms with E-state index in [1.165, 1.54) is 9.13 Å². The topological polar surface area (TPSA) is 47.6 Å². The predicted octanol–water partition coefficient (Wildman–Crippen LogP) is 1.47. The Morgan fingerprint density at radius 1 is 1.64 bits per heavy atom. The van der Waals surface area contributed by atoms with Gasteiger partial charge in [0, 0.05) is 0 Å². The molecule has 0 aromatic carbocycles. The Kier molecular flexibility index (Phi) is 3.50. The van der Waals surface area contributed by atoms with Crippen LogP contribution in [0.5, 0.6) is 0 Å². The van der Waals surface area contributed by atoms with Gasteiger partial charge in [0.2, 0.25) is 0 Å². The van der Waals surface area contributed by atoms with Gasteiger partial charge in [0.1, 0.15) is 0 Å². The molecule has 1 N–H and O–H groups in total. The van der Waals surface area contributed by atoms with Crippen molar-refractivity contribution < 1.29 is 13.7 Å². The number of hydrogen-bond donors (Lipinski definition) is 1. The molecule has 2 fully saturated rings. The molecule has 4 nitrogen and oxygen atoms in total. The van der Waals surface area contributed by atoms with Gasteiger partial charge in [0.15, 0.2) is 0 Å². The summed E-state index contributed by atoms with van der Waals surface area (Å²) in [6, 6.07) is 0. The number of carbonyl (C=O) groups is 1. The maximum atomic E-state index is 11.3. The number of ether oxygens (including phenoxy) is 1. The molecule has 6 heteroatoms. The normalized spacial score (nSPS) is 24.6. The van der Waals surface area contributed by atoms with E-state index in [1.54, 1.807) is 0 Å². The molecule has 1 saturated heterocycles. The second-order valence-electron chi connectivity index (χ2n) is 3.87. The van der Waals surface area contributed by atoms with Crippen LogP contribution in [0.4, 0.5) is 4.79 Å². The van der Waals surface area contributed by atoms with Gasteiger partial charge in [-0.2, -0.15) is 0 Å². The second-order valence-corrected chi connectivity index (χ2v) is 13.7. The summed E-state index contributed by atoms with van der Waals surface area (Å²) in [7, 11) is 1.41. The quantitative estimate of drug-likeness (QED) is 0.630. The first-order valence-electron chi connectivity index (χ1n) is 4.67. The summed E-state index contributed by atoms with van der Waals surface area (Å²) in [5, 5.41) is 2.86. The zero-order chi connectivity index (χ0) is 10.0. The van der Waals surface area contributed by atoms with Gasteiger partial charge in [-0.25, -0.2) is 0 Å². The fraction of sp³-hybridized carbons (Fsp3) is 0.875. The average Bonchev–Trinajstić information content (AvgIpc) is 2.70. The van der Waals surface area contributed by atoms with E-state index in [9.17, 15) is 4.79 Å². The minimum absolute atomic E-state index is 0.0242. The zero-order valence-electron chi connectivity index (χ0n) is 8.12. The summed E-state index contributed by atoms with van der Waals surface area (Å²) in [5.74, 6) is 0. The van der Waals surface area contributed by atoms with Crippen molar-refractivity contribution in [2.75, 3.05) is 11.2 Å². The second kappa shape index (κ2) is 4.50. The van der Waals surface area contributed by atoms with Crippen LogP contribution in [0.3, 0.4) is 0 Å². The van der Waals surface area contributed by atoms with Crippen molar-refractivity contribution in [1.82, 2.24) is 5.32 Å². The third kappa shape index (κ3) is 3.21. The molecule has 0 bridgehead atoms. The van der Waals surface area contributed by atoms with E-state index in [0.717, 1.165) is 28.4 Å². The summed E-state index contributed by atoms with van der Waals surface area (Å²) in [6.07, 6.45) is 1.87. The molecule has 1 amide bonds. The first kappa shape index (κ1) is 10.9. The Bertz CT molecular complexity index is 229. The van der Waals surface area contributed by atoms with Crippen LogP contribution in [-0.2, 0) is 8.92 Å². The Balaban J connectivity index is 1.62. The number of hydrogen-bond acceptors (Lipinski definition) is 4. The first-order chi connectivity index (χ1) is 6.68. The standard InChI is InChI=1S/C5H9NO2S.C3H6O.Sb/c1-5(2-3-5)6-4(7)8-9;1-3-4-2;/h9H,2-3H2,1H3,(H,6,7);1-3H2;/q;;+1/p-1. The van der Waals surface area contributed by atoms with Crippen molar-refractivity contribution in [2.45, 2.75) is 29.7 Å². The molecule has 14 heavy (non-hydrogen) atoms. The van der Waals surface area contributed by atoms with Crippen molar-refractivity contribution >= 4 is 34.0 Å². The third-order valence-corrected chi connectivity index (χ3v) is 10.4. The molecule has 2 aliphatic rings. The molecular weight excluding hydrogens is 312 g/mol. The molecule has 1 aliphatic carbocycles. The number of rotatable bonds is 3. The van der Waals surface area contributed by atoms with E-state index < -0.39 is 18.8 Å². The van der Waals surface area contributed by atoms with Crippen LogP contribution in [0.2, 0.25) is 4.37 Å². The molecule has 1 saturated carbocycles. The van der Waals surface area contributed by atoms with Crippen LogP contribution in [0.25, 0.3) is 0 Å². The summed E-state index contributed by atoms with van der Waals surface area (Å²) in [4.78, 5) is 11.3. The van der Waals surface area contributed by atoms with Gasteiger partial charge < -0.3 is 0 Å². The fourth-order valence-corrected chi connectivity index (χ4v) is 7.21. The molecule has 0 radical (unpaired) electrons. The maximum absolute atomic E-state index is 11.3. The van der Waals surface area contributed by atoms with Gasteiger partial charge in [-0.05, 0) is 0 Å². The Labute approximate surface area is 93.7 Å². The van der Waals surface area contributed by atoms with Crippen molar-refractivity contribution in [1.29, 1.82) is 0 Å². The molecule has 0 unspecified atom stereocenters. The molecule has 1 aliphatic heterocycles. The van der Waals surface area contributed by atoms with Gasteiger partial charge in [-0.15, -0.1) is 0 Å². The third-order valence-electron chi connectivity index (χ3n) is 2.34. The van der Waals surface area contributed by atoms with E-state index in [-0.39, 0.29) is 11.6 Å². The molecule has 0 atom stereocenters. The van der Waals surface area contributed by atoms with Gasteiger partial charge in [0.25, 0.3) is 0 Å². The number of nitrogens with one attached hydrogen (secondary N) is 1. The minimum atomic E-state index is -1.38. The molecule has 0 aromatic rings. The summed E-state index contributed by atoms with van der Waals surface area (Å²) < 4.78 is 12.4. The predicted molar refractivity (Wildman–Crippen MR) is 56.2 cm³/mol. The average molecular weight is 326 g/mol. The monoisotopic (exact) mass is 325 g/mol. The van der Waals surface area contributed by atoms with Crippen LogP contribution in [-0.4, -0.2) is 41.6 Å². The molecule has 0 spiro atoms. The van der Waals surface area contributed by atoms with Crippen LogP contribution >= 0.6 is 9.13 Å². The van der Waals surface area contributed by atoms with Crippen molar-refractivity contribution in [3.63, 3.8) is 0 Å². The Morgan fingerprint density at radius 3 is 3.00 bits per heavy atom. The van der Waals surface area contributed by atoms with Crippen LogP contribution in [0, 0.1) is 0 Å². The van der Waals surface area contributed by atoms with Crippen molar-refractivity contribution in [2.24, 2.45) is 0 Å². The van der Waals surface area contributed by atoms with Crippen molar-refractivity contribution in [3.8, 4) is 0 Å². The summed E-state index contributed by atoms with van der Waals surface area (Å²) >= 11 is -1.38. The first-order valence-corrected chi connectivity index (χ1v) is 12.1. The Morgan fingerprint density at radius 2 is 2.43 bits per heavy atom. The van der Waals surface area contributed by atoms with Crippen LogP contribution in [0.15, 0.2) is 0 Å². The van der Waals surface area contributed by atoms with E-state index in [4.69, 9.17) is 8.92 Å². The molecule has 80 valence electrons. The number of carbonyl (C=O) groups excluding carboxylic acids is 1. The molecule has 0 aromatic heterocycles. The molecule has 2 rings (SSSR count). The van der Waals surface area contributed by atoms with Gasteiger partial charge in [0.05, 0.1) is 0 Å². The summed E-state index contributed by atoms with van der Waals surface area (Å²) in [5.41, 5.74) is 0.0242. The number of amides is 1. The SMILES string of the molecule is CC1(NC(=O)O[S][Sb]2[CH2]CO[CH2]2)CC1.